The number of hydrogen-bond acceptors (Lipinski definition) is 4. The lowest BCUT2D eigenvalue weighted by Crippen LogP contribution is -2.29. The van der Waals surface area contributed by atoms with Gasteiger partial charge in [-0.2, -0.15) is 0 Å². The first-order valence-electron chi connectivity index (χ1n) is 10.1. The average Bonchev–Trinajstić information content (AvgIpc) is 2.73. The van der Waals surface area contributed by atoms with Gasteiger partial charge in [-0.15, -0.1) is 0 Å². The smallest absolute Gasteiger partial charge is 0.253 e. The fourth-order valence-electron chi connectivity index (χ4n) is 3.49. The number of hydrogen-bond donors (Lipinski definition) is 1. The van der Waals surface area contributed by atoms with Crippen LogP contribution in [0.4, 0.5) is 5.69 Å². The van der Waals surface area contributed by atoms with E-state index in [0.717, 1.165) is 35.8 Å². The predicted molar refractivity (Wildman–Crippen MR) is 121 cm³/mol. The van der Waals surface area contributed by atoms with E-state index in [1.165, 1.54) is 44.0 Å². The van der Waals surface area contributed by atoms with E-state index < -0.39 is 10.0 Å². The zero-order chi connectivity index (χ0) is 21.7. The fraction of sp³-hybridized carbons (Fsp3) is 0.409. The van der Waals surface area contributed by atoms with Crippen molar-refractivity contribution in [2.45, 2.75) is 32.4 Å². The van der Waals surface area contributed by atoms with Crippen molar-refractivity contribution in [2.24, 2.45) is 0 Å². The van der Waals surface area contributed by atoms with Crippen LogP contribution in [0.25, 0.3) is 0 Å². The van der Waals surface area contributed by atoms with Crippen LogP contribution in [0.5, 0.6) is 0 Å². The molecule has 0 radical (unpaired) electrons. The number of sulfonamides is 1. The average molecular weight is 450 g/mol. The monoisotopic (exact) mass is 449 g/mol. The molecule has 162 valence electrons. The van der Waals surface area contributed by atoms with Gasteiger partial charge in [0.1, 0.15) is 0 Å². The highest BCUT2D eigenvalue weighted by Gasteiger charge is 2.17. The van der Waals surface area contributed by atoms with Gasteiger partial charge in [-0.3, -0.25) is 14.0 Å². The highest BCUT2D eigenvalue weighted by atomic mass is 35.5. The van der Waals surface area contributed by atoms with Gasteiger partial charge in [0.05, 0.1) is 22.5 Å². The van der Waals surface area contributed by atoms with Gasteiger partial charge in [0, 0.05) is 20.1 Å². The molecule has 2 aromatic carbocycles. The molecule has 2 aromatic rings. The van der Waals surface area contributed by atoms with Crippen molar-refractivity contribution in [1.82, 2.24) is 10.2 Å². The summed E-state index contributed by atoms with van der Waals surface area (Å²) in [5, 5.41) is 3.13. The number of halogens is 1. The van der Waals surface area contributed by atoms with Crippen molar-refractivity contribution in [1.29, 1.82) is 0 Å². The number of nitrogens with zero attached hydrogens (tertiary/aromatic N) is 2. The first kappa shape index (κ1) is 22.6. The van der Waals surface area contributed by atoms with Gasteiger partial charge in [-0.1, -0.05) is 42.3 Å². The Kier molecular flexibility index (Phi) is 7.39. The predicted octanol–water partition coefficient (Wildman–Crippen LogP) is 3.65. The maximum atomic E-state index is 12.6. The van der Waals surface area contributed by atoms with Crippen LogP contribution in [0.2, 0.25) is 5.02 Å². The van der Waals surface area contributed by atoms with Gasteiger partial charge in [0.15, 0.2) is 0 Å². The molecule has 1 aliphatic heterocycles. The number of carbonyl (C=O) groups excluding carboxylic acids is 1. The molecule has 8 heteroatoms. The normalized spacial score (nSPS) is 15.0. The van der Waals surface area contributed by atoms with Crippen molar-refractivity contribution >= 4 is 33.2 Å². The molecule has 1 amide bonds. The van der Waals surface area contributed by atoms with E-state index in [4.69, 9.17) is 11.6 Å². The second-order valence-corrected chi connectivity index (χ2v) is 10.2. The minimum absolute atomic E-state index is 0.242. The molecule has 30 heavy (non-hydrogen) atoms. The number of benzene rings is 2. The van der Waals surface area contributed by atoms with E-state index in [2.05, 4.69) is 22.3 Å². The molecule has 6 nitrogen and oxygen atoms in total. The lowest BCUT2D eigenvalue weighted by molar-refractivity contribution is 0.0951. The van der Waals surface area contributed by atoms with Gasteiger partial charge in [0.2, 0.25) is 10.0 Å². The third kappa shape index (κ3) is 5.97. The number of carbonyl (C=O) groups is 1. The summed E-state index contributed by atoms with van der Waals surface area (Å²) in [6.45, 7) is 3.65. The number of amides is 1. The maximum Gasteiger partial charge on any atom is 0.253 e. The molecule has 0 atom stereocenters. The Morgan fingerprint density at radius 2 is 1.70 bits per heavy atom. The van der Waals surface area contributed by atoms with Gasteiger partial charge < -0.3 is 5.32 Å². The summed E-state index contributed by atoms with van der Waals surface area (Å²) in [6, 6.07) is 12.8. The molecule has 1 saturated heterocycles. The molecule has 1 aliphatic rings. The lowest BCUT2D eigenvalue weighted by atomic mass is 10.1. The molecule has 0 unspecified atom stereocenters. The molecule has 1 fully saturated rings. The summed E-state index contributed by atoms with van der Waals surface area (Å²) in [6.07, 6.45) is 4.98. The molecule has 0 aliphatic carbocycles. The first-order chi connectivity index (χ1) is 14.2. The topological polar surface area (TPSA) is 69.7 Å². The third-order valence-corrected chi connectivity index (χ3v) is 6.92. The van der Waals surface area contributed by atoms with Crippen molar-refractivity contribution in [3.63, 3.8) is 0 Å². The number of piperidine rings is 1. The zero-order valence-electron chi connectivity index (χ0n) is 17.4. The van der Waals surface area contributed by atoms with E-state index in [1.807, 2.05) is 12.1 Å². The first-order valence-corrected chi connectivity index (χ1v) is 12.3. The maximum absolute atomic E-state index is 12.6. The summed E-state index contributed by atoms with van der Waals surface area (Å²) in [5.74, 6) is -0.346. The van der Waals surface area contributed by atoms with Crippen molar-refractivity contribution < 1.29 is 13.2 Å². The van der Waals surface area contributed by atoms with Crippen LogP contribution in [0.15, 0.2) is 42.5 Å². The molecule has 1 N–H and O–H groups in total. The number of nitrogens with one attached hydrogen (secondary N) is 1. The van der Waals surface area contributed by atoms with E-state index >= 15 is 0 Å². The van der Waals surface area contributed by atoms with Gasteiger partial charge in [0.25, 0.3) is 5.91 Å². The minimum atomic E-state index is -3.43. The molecular weight excluding hydrogens is 422 g/mol. The van der Waals surface area contributed by atoms with Gasteiger partial charge in [-0.05, 0) is 55.3 Å². The van der Waals surface area contributed by atoms with Crippen LogP contribution in [0, 0.1) is 0 Å². The Bertz CT molecular complexity index is 987. The van der Waals surface area contributed by atoms with Gasteiger partial charge in [-0.25, -0.2) is 8.42 Å². The fourth-order valence-corrected chi connectivity index (χ4v) is 4.19. The number of likely N-dealkylation sites (tertiary alicyclic amines) is 1. The Morgan fingerprint density at radius 3 is 2.33 bits per heavy atom. The number of anilines is 1. The standard InChI is InChI=1S/C22H28ClN3O3S/c1-25(30(2,28)29)19-10-11-21(23)20(14-19)22(27)24-15-17-6-8-18(9-7-17)16-26-12-4-3-5-13-26/h6-11,14H,3-5,12-13,15-16H2,1-2H3,(H,24,27). The van der Waals surface area contributed by atoms with E-state index in [0.29, 0.717) is 12.2 Å². The Balaban J connectivity index is 1.61. The van der Waals surface area contributed by atoms with Crippen molar-refractivity contribution in [2.75, 3.05) is 30.7 Å². The van der Waals surface area contributed by atoms with Crippen LogP contribution in [-0.4, -0.2) is 45.6 Å². The van der Waals surface area contributed by atoms with E-state index in [9.17, 15) is 13.2 Å². The molecule has 0 saturated carbocycles. The Hall–Kier alpha value is -2.09. The zero-order valence-corrected chi connectivity index (χ0v) is 19.0. The second kappa shape index (κ2) is 9.81. The second-order valence-electron chi connectivity index (χ2n) is 7.73. The molecular formula is C22H28ClN3O3S. The van der Waals surface area contributed by atoms with Crippen LogP contribution in [0.3, 0.4) is 0 Å². The van der Waals surface area contributed by atoms with E-state index in [1.54, 1.807) is 6.07 Å². The molecule has 3 rings (SSSR count). The number of rotatable bonds is 7. The van der Waals surface area contributed by atoms with Crippen LogP contribution >= 0.6 is 11.6 Å². The van der Waals surface area contributed by atoms with Crippen LogP contribution in [0.1, 0.15) is 40.7 Å². The highest BCUT2D eigenvalue weighted by molar-refractivity contribution is 7.92. The molecule has 1 heterocycles. The minimum Gasteiger partial charge on any atom is -0.348 e. The quantitative estimate of drug-likeness (QED) is 0.700. The van der Waals surface area contributed by atoms with Gasteiger partial charge >= 0.3 is 0 Å². The van der Waals surface area contributed by atoms with Crippen molar-refractivity contribution in [3.8, 4) is 0 Å². The van der Waals surface area contributed by atoms with E-state index in [-0.39, 0.29) is 16.5 Å². The summed E-state index contributed by atoms with van der Waals surface area (Å²) in [5.41, 5.74) is 2.89. The summed E-state index contributed by atoms with van der Waals surface area (Å²) in [4.78, 5) is 15.1. The Morgan fingerprint density at radius 1 is 1.07 bits per heavy atom. The summed E-state index contributed by atoms with van der Waals surface area (Å²) >= 11 is 6.17. The Labute approximate surface area is 183 Å². The highest BCUT2D eigenvalue weighted by Crippen LogP contribution is 2.24. The molecule has 0 bridgehead atoms. The summed E-state index contributed by atoms with van der Waals surface area (Å²) in [7, 11) is -1.99. The summed E-state index contributed by atoms with van der Waals surface area (Å²) < 4.78 is 24.6. The third-order valence-electron chi connectivity index (χ3n) is 5.39. The SMILES string of the molecule is CN(c1ccc(Cl)c(C(=O)NCc2ccc(CN3CCCCC3)cc2)c1)S(C)(=O)=O. The van der Waals surface area contributed by atoms with Crippen LogP contribution in [-0.2, 0) is 23.1 Å². The molecule has 0 aromatic heterocycles. The largest absolute Gasteiger partial charge is 0.348 e. The van der Waals surface area contributed by atoms with Crippen LogP contribution < -0.4 is 9.62 Å². The molecule has 0 spiro atoms. The van der Waals surface area contributed by atoms with Crippen molar-refractivity contribution in [3.05, 3.63) is 64.2 Å². The lowest BCUT2D eigenvalue weighted by Gasteiger charge is -2.26.